The summed E-state index contributed by atoms with van der Waals surface area (Å²) in [5.74, 6) is 0.208. The summed E-state index contributed by atoms with van der Waals surface area (Å²) in [4.78, 5) is 32.8. The molecule has 4 aromatic rings. The van der Waals surface area contributed by atoms with Gasteiger partial charge in [-0.1, -0.05) is 6.07 Å². The Hall–Kier alpha value is -3.48. The van der Waals surface area contributed by atoms with E-state index in [4.69, 9.17) is 9.88 Å². The third-order valence-corrected chi connectivity index (χ3v) is 8.13. The molecule has 1 amide bonds. The molecule has 0 radical (unpaired) electrons. The van der Waals surface area contributed by atoms with Crippen LogP contribution in [0.2, 0.25) is 0 Å². The van der Waals surface area contributed by atoms with Crippen molar-refractivity contribution in [3.63, 3.8) is 0 Å². The van der Waals surface area contributed by atoms with E-state index in [1.807, 2.05) is 13.0 Å². The number of rotatable bonds is 6. The molecule has 0 saturated heterocycles. The second kappa shape index (κ2) is 8.70. The number of carbonyl (C=O) groups is 1. The molecule has 12 heteroatoms. The summed E-state index contributed by atoms with van der Waals surface area (Å²) in [6.45, 7) is 5.63. The first-order chi connectivity index (χ1) is 16.0. The summed E-state index contributed by atoms with van der Waals surface area (Å²) in [6.07, 6.45) is 3.15. The fourth-order valence-electron chi connectivity index (χ4n) is 3.62. The number of H-pyrrole nitrogens is 1. The highest BCUT2D eigenvalue weighted by atomic mass is 32.2. The van der Waals surface area contributed by atoms with Crippen molar-refractivity contribution in [3.05, 3.63) is 57.8 Å². The Morgan fingerprint density at radius 2 is 2.09 bits per heavy atom. The third kappa shape index (κ3) is 4.11. The maximum atomic E-state index is 12.8. The number of aromatic amines is 1. The van der Waals surface area contributed by atoms with Gasteiger partial charge >= 0.3 is 0 Å². The molecule has 0 atom stereocenters. The van der Waals surface area contributed by atoms with Crippen LogP contribution >= 0.6 is 11.3 Å². The monoisotopic (exact) mass is 501 g/mol. The number of hydrogen-bond acceptors (Lipinski definition) is 7. The number of primary sulfonamides is 1. The SMILES string of the molecule is CCNC(=O)c1cc2c(-c3sc(S(N)(=O)=O)c(C)c3Oc3ncccc3C)cn(C)c(=O)c2[nH]1. The maximum absolute atomic E-state index is 12.8. The van der Waals surface area contributed by atoms with Crippen LogP contribution in [0, 0.1) is 13.8 Å². The second-order valence-corrected chi connectivity index (χ2v) is 10.5. The highest BCUT2D eigenvalue weighted by Gasteiger charge is 2.27. The molecule has 10 nitrogen and oxygen atoms in total. The molecule has 0 aliphatic carbocycles. The Labute approximate surface area is 199 Å². The van der Waals surface area contributed by atoms with Crippen LogP contribution in [0.4, 0.5) is 0 Å². The van der Waals surface area contributed by atoms with Crippen molar-refractivity contribution in [1.82, 2.24) is 19.9 Å². The molecule has 0 unspecified atom stereocenters. The summed E-state index contributed by atoms with van der Waals surface area (Å²) in [5, 5.41) is 8.63. The molecule has 34 heavy (non-hydrogen) atoms. The van der Waals surface area contributed by atoms with Crippen LogP contribution in [0.15, 0.2) is 39.6 Å². The van der Waals surface area contributed by atoms with Gasteiger partial charge in [0.2, 0.25) is 15.9 Å². The van der Waals surface area contributed by atoms with E-state index >= 15 is 0 Å². The minimum Gasteiger partial charge on any atom is -0.437 e. The van der Waals surface area contributed by atoms with Gasteiger partial charge in [0, 0.05) is 48.1 Å². The average Bonchev–Trinajstić information content (AvgIpc) is 3.35. The zero-order valence-electron chi connectivity index (χ0n) is 18.9. The fraction of sp³-hybridized carbons (Fsp3) is 0.227. The average molecular weight is 502 g/mol. The molecule has 0 bridgehead atoms. The first-order valence-electron chi connectivity index (χ1n) is 10.3. The number of ether oxygens (including phenoxy) is 1. The molecule has 0 aliphatic rings. The van der Waals surface area contributed by atoms with Gasteiger partial charge in [-0.2, -0.15) is 0 Å². The van der Waals surface area contributed by atoms with E-state index in [1.54, 1.807) is 45.4 Å². The van der Waals surface area contributed by atoms with Crippen molar-refractivity contribution in [3.8, 4) is 22.1 Å². The van der Waals surface area contributed by atoms with E-state index in [2.05, 4.69) is 15.3 Å². The van der Waals surface area contributed by atoms with Crippen LogP contribution in [0.1, 0.15) is 28.5 Å². The number of nitrogens with zero attached hydrogens (tertiary/aromatic N) is 2. The molecule has 4 heterocycles. The predicted octanol–water partition coefficient (Wildman–Crippen LogP) is 2.80. The Balaban J connectivity index is 2.03. The highest BCUT2D eigenvalue weighted by Crippen LogP contribution is 2.47. The van der Waals surface area contributed by atoms with E-state index in [0.717, 1.165) is 16.9 Å². The number of fused-ring (bicyclic) bond motifs is 1. The molecule has 178 valence electrons. The first-order valence-corrected chi connectivity index (χ1v) is 12.7. The minimum absolute atomic E-state index is 0.0624. The van der Waals surface area contributed by atoms with Crippen molar-refractivity contribution >= 4 is 38.2 Å². The van der Waals surface area contributed by atoms with Crippen molar-refractivity contribution < 1.29 is 17.9 Å². The lowest BCUT2D eigenvalue weighted by Gasteiger charge is -2.11. The molecular formula is C22H23N5O5S2. The molecule has 0 spiro atoms. The van der Waals surface area contributed by atoms with Crippen LogP contribution in [0.25, 0.3) is 21.3 Å². The van der Waals surface area contributed by atoms with Crippen LogP contribution in [-0.4, -0.2) is 35.4 Å². The van der Waals surface area contributed by atoms with Crippen LogP contribution < -0.4 is 20.8 Å². The largest absolute Gasteiger partial charge is 0.437 e. The molecule has 0 aromatic carbocycles. The van der Waals surface area contributed by atoms with Gasteiger partial charge in [-0.15, -0.1) is 11.3 Å². The van der Waals surface area contributed by atoms with Gasteiger partial charge < -0.3 is 19.6 Å². The van der Waals surface area contributed by atoms with Gasteiger partial charge in [-0.3, -0.25) is 9.59 Å². The molecule has 4 aromatic heterocycles. The highest BCUT2D eigenvalue weighted by molar-refractivity contribution is 7.91. The zero-order chi connectivity index (χ0) is 24.8. The Morgan fingerprint density at radius 1 is 1.35 bits per heavy atom. The molecule has 0 saturated carbocycles. The van der Waals surface area contributed by atoms with E-state index in [9.17, 15) is 18.0 Å². The standard InChI is InChI=1S/C22H23N5O5S2/c1-5-24-19(28)15-9-13-14(10-27(4)21(29)16(13)26-15)18-17(12(3)22(33-18)34(23,30)31)32-20-11(2)7-6-8-25-20/h6-10,26H,5H2,1-4H3,(H,24,28)(H2,23,30,31). The molecule has 0 aliphatic heterocycles. The number of pyridine rings is 2. The number of nitrogens with two attached hydrogens (primary N) is 1. The number of amides is 1. The van der Waals surface area contributed by atoms with Crippen molar-refractivity contribution in [1.29, 1.82) is 0 Å². The van der Waals surface area contributed by atoms with E-state index < -0.39 is 10.0 Å². The van der Waals surface area contributed by atoms with Crippen LogP contribution in [0.3, 0.4) is 0 Å². The number of thiophene rings is 1. The van der Waals surface area contributed by atoms with Gasteiger partial charge in [-0.05, 0) is 32.9 Å². The van der Waals surface area contributed by atoms with Gasteiger partial charge in [0.1, 0.15) is 15.4 Å². The number of sulfonamides is 1. The lowest BCUT2D eigenvalue weighted by Crippen LogP contribution is -2.23. The zero-order valence-corrected chi connectivity index (χ0v) is 20.6. The fourth-order valence-corrected chi connectivity index (χ4v) is 5.84. The van der Waals surface area contributed by atoms with Crippen molar-refractivity contribution in [2.75, 3.05) is 6.54 Å². The molecular weight excluding hydrogens is 478 g/mol. The van der Waals surface area contributed by atoms with Crippen LogP contribution in [0.5, 0.6) is 11.6 Å². The number of aryl methyl sites for hydroxylation is 2. The third-order valence-electron chi connectivity index (χ3n) is 5.26. The number of hydrogen-bond donors (Lipinski definition) is 3. The predicted molar refractivity (Wildman–Crippen MR) is 130 cm³/mol. The van der Waals surface area contributed by atoms with Crippen molar-refractivity contribution in [2.24, 2.45) is 12.2 Å². The second-order valence-electron chi connectivity index (χ2n) is 7.74. The lowest BCUT2D eigenvalue weighted by atomic mass is 10.1. The Morgan fingerprint density at radius 3 is 2.74 bits per heavy atom. The topological polar surface area (TPSA) is 149 Å². The summed E-state index contributed by atoms with van der Waals surface area (Å²) < 4.78 is 32.1. The van der Waals surface area contributed by atoms with E-state index in [0.29, 0.717) is 33.8 Å². The quantitative estimate of drug-likeness (QED) is 0.370. The smallest absolute Gasteiger partial charge is 0.274 e. The minimum atomic E-state index is -4.06. The van der Waals surface area contributed by atoms with E-state index in [1.165, 1.54) is 4.57 Å². The summed E-state index contributed by atoms with van der Waals surface area (Å²) in [5.41, 5.74) is 1.68. The van der Waals surface area contributed by atoms with E-state index in [-0.39, 0.29) is 32.6 Å². The van der Waals surface area contributed by atoms with Gasteiger partial charge in [-0.25, -0.2) is 18.5 Å². The molecule has 4 rings (SSSR count). The number of carbonyl (C=O) groups excluding carboxylic acids is 1. The summed E-state index contributed by atoms with van der Waals surface area (Å²) in [6, 6.07) is 5.15. The van der Waals surface area contributed by atoms with Crippen molar-refractivity contribution in [2.45, 2.75) is 25.0 Å². The lowest BCUT2D eigenvalue weighted by molar-refractivity contribution is 0.0951. The first kappa shape index (κ1) is 23.7. The number of aromatic nitrogens is 3. The molecule has 0 fully saturated rings. The maximum Gasteiger partial charge on any atom is 0.274 e. The Kier molecular flexibility index (Phi) is 6.06. The Bertz CT molecular complexity index is 1600. The van der Waals surface area contributed by atoms with Gasteiger partial charge in [0.05, 0.1) is 4.88 Å². The van der Waals surface area contributed by atoms with Gasteiger partial charge in [0.25, 0.3) is 11.5 Å². The summed E-state index contributed by atoms with van der Waals surface area (Å²) >= 11 is 0.933. The summed E-state index contributed by atoms with van der Waals surface area (Å²) in [7, 11) is -2.48. The van der Waals surface area contributed by atoms with Crippen LogP contribution in [-0.2, 0) is 17.1 Å². The number of nitrogens with one attached hydrogen (secondary N) is 2. The molecule has 4 N–H and O–H groups in total. The normalized spacial score (nSPS) is 11.7. The van der Waals surface area contributed by atoms with Gasteiger partial charge in [0.15, 0.2) is 5.75 Å².